The molecule has 100 valence electrons. The highest BCUT2D eigenvalue weighted by Gasteiger charge is 2.24. The van der Waals surface area contributed by atoms with Crippen LogP contribution >= 0.6 is 0 Å². The molecule has 0 spiro atoms. The van der Waals surface area contributed by atoms with E-state index in [9.17, 15) is 5.11 Å². The van der Waals surface area contributed by atoms with E-state index >= 15 is 0 Å². The number of anilines is 1. The van der Waals surface area contributed by atoms with Crippen LogP contribution in [0.4, 0.5) is 5.69 Å². The second-order valence-electron chi connectivity index (χ2n) is 5.78. The van der Waals surface area contributed by atoms with Crippen LogP contribution in [0.3, 0.4) is 0 Å². The van der Waals surface area contributed by atoms with Gasteiger partial charge < -0.3 is 10.0 Å². The molecule has 1 atom stereocenters. The largest absolute Gasteiger partial charge is 0.391 e. The van der Waals surface area contributed by atoms with Gasteiger partial charge in [0, 0.05) is 19.3 Å². The lowest BCUT2D eigenvalue weighted by atomic mass is 10.00. The lowest BCUT2D eigenvalue weighted by molar-refractivity contribution is 0.117. The van der Waals surface area contributed by atoms with E-state index in [1.807, 2.05) is 0 Å². The Kier molecular flexibility index (Phi) is 4.28. The van der Waals surface area contributed by atoms with Crippen molar-refractivity contribution in [1.82, 2.24) is 0 Å². The molecule has 0 aliphatic heterocycles. The summed E-state index contributed by atoms with van der Waals surface area (Å²) in [6.07, 6.45) is 4.78. The Labute approximate surface area is 111 Å². The minimum Gasteiger partial charge on any atom is -0.391 e. The number of aryl methyl sites for hydroxylation is 2. The maximum atomic E-state index is 10.3. The van der Waals surface area contributed by atoms with Gasteiger partial charge in [0.05, 0.1) is 6.10 Å². The second kappa shape index (κ2) is 5.75. The van der Waals surface area contributed by atoms with E-state index in [4.69, 9.17) is 0 Å². The van der Waals surface area contributed by atoms with E-state index in [0.29, 0.717) is 5.92 Å². The van der Waals surface area contributed by atoms with Crippen LogP contribution in [-0.4, -0.2) is 24.8 Å². The molecule has 1 aromatic carbocycles. The van der Waals surface area contributed by atoms with Gasteiger partial charge >= 0.3 is 0 Å². The molecule has 0 aromatic heterocycles. The van der Waals surface area contributed by atoms with Crippen molar-refractivity contribution in [3.8, 4) is 0 Å². The smallest absolute Gasteiger partial charge is 0.0743 e. The molecule has 1 aromatic rings. The van der Waals surface area contributed by atoms with E-state index in [2.05, 4.69) is 44.0 Å². The minimum absolute atomic E-state index is 0.182. The SMILES string of the molecule is Cc1ccc(N(C)CC(O)C2CCCC2)c(C)c1. The minimum atomic E-state index is -0.182. The van der Waals surface area contributed by atoms with Crippen LogP contribution in [0.25, 0.3) is 0 Å². The third-order valence-corrected chi connectivity index (χ3v) is 4.17. The fraction of sp³-hybridized carbons (Fsp3) is 0.625. The molecule has 1 fully saturated rings. The summed E-state index contributed by atoms with van der Waals surface area (Å²) in [6.45, 7) is 5.00. The topological polar surface area (TPSA) is 23.5 Å². The molecular formula is C16H25NO. The highest BCUT2D eigenvalue weighted by molar-refractivity contribution is 5.53. The highest BCUT2D eigenvalue weighted by atomic mass is 16.3. The van der Waals surface area contributed by atoms with Gasteiger partial charge in [-0.05, 0) is 44.2 Å². The summed E-state index contributed by atoms with van der Waals surface area (Å²) < 4.78 is 0. The van der Waals surface area contributed by atoms with Gasteiger partial charge in [0.25, 0.3) is 0 Å². The fourth-order valence-electron chi connectivity index (χ4n) is 3.10. The van der Waals surface area contributed by atoms with Crippen molar-refractivity contribution in [2.45, 2.75) is 45.6 Å². The van der Waals surface area contributed by atoms with Gasteiger partial charge in [0.1, 0.15) is 0 Å². The van der Waals surface area contributed by atoms with Crippen LogP contribution in [0.15, 0.2) is 18.2 Å². The molecule has 1 aliphatic carbocycles. The molecule has 2 nitrogen and oxygen atoms in total. The second-order valence-corrected chi connectivity index (χ2v) is 5.78. The van der Waals surface area contributed by atoms with Crippen molar-refractivity contribution >= 4 is 5.69 Å². The summed E-state index contributed by atoms with van der Waals surface area (Å²) in [5, 5.41) is 10.3. The quantitative estimate of drug-likeness (QED) is 0.882. The molecular weight excluding hydrogens is 222 g/mol. The summed E-state index contributed by atoms with van der Waals surface area (Å²) in [4.78, 5) is 2.19. The standard InChI is InChI=1S/C16H25NO/c1-12-8-9-15(13(2)10-12)17(3)11-16(18)14-6-4-5-7-14/h8-10,14,16,18H,4-7,11H2,1-3H3. The van der Waals surface area contributed by atoms with E-state index in [1.54, 1.807) is 0 Å². The van der Waals surface area contributed by atoms with Gasteiger partial charge in [-0.25, -0.2) is 0 Å². The van der Waals surface area contributed by atoms with Gasteiger partial charge in [0.15, 0.2) is 0 Å². The molecule has 0 radical (unpaired) electrons. The number of hydrogen-bond donors (Lipinski definition) is 1. The first-order chi connectivity index (χ1) is 8.58. The van der Waals surface area contributed by atoms with Gasteiger partial charge in [-0.2, -0.15) is 0 Å². The van der Waals surface area contributed by atoms with Gasteiger partial charge in [-0.3, -0.25) is 0 Å². The predicted octanol–water partition coefficient (Wildman–Crippen LogP) is 3.29. The first-order valence-corrected chi connectivity index (χ1v) is 7.04. The van der Waals surface area contributed by atoms with Crippen molar-refractivity contribution in [2.24, 2.45) is 5.92 Å². The summed E-state index contributed by atoms with van der Waals surface area (Å²) in [5.41, 5.74) is 3.81. The number of aliphatic hydroxyl groups is 1. The van der Waals surface area contributed by atoms with Crippen LogP contribution in [0, 0.1) is 19.8 Å². The van der Waals surface area contributed by atoms with Crippen molar-refractivity contribution in [2.75, 3.05) is 18.5 Å². The Balaban J connectivity index is 2.00. The maximum Gasteiger partial charge on any atom is 0.0743 e. The molecule has 1 aliphatic rings. The van der Waals surface area contributed by atoms with Crippen LogP contribution in [0.2, 0.25) is 0 Å². The number of benzene rings is 1. The fourth-order valence-corrected chi connectivity index (χ4v) is 3.10. The predicted molar refractivity (Wildman–Crippen MR) is 77.2 cm³/mol. The van der Waals surface area contributed by atoms with E-state index in [-0.39, 0.29) is 6.10 Å². The number of nitrogens with zero attached hydrogens (tertiary/aromatic N) is 1. The Morgan fingerprint density at radius 2 is 1.94 bits per heavy atom. The lowest BCUT2D eigenvalue weighted by Gasteiger charge is -2.27. The van der Waals surface area contributed by atoms with Crippen LogP contribution in [0.1, 0.15) is 36.8 Å². The molecule has 18 heavy (non-hydrogen) atoms. The molecule has 2 rings (SSSR count). The molecule has 1 unspecified atom stereocenters. The third-order valence-electron chi connectivity index (χ3n) is 4.17. The zero-order valence-corrected chi connectivity index (χ0v) is 11.8. The van der Waals surface area contributed by atoms with Crippen molar-refractivity contribution in [1.29, 1.82) is 0 Å². The normalized spacial score (nSPS) is 18.0. The Bertz CT molecular complexity index is 396. The maximum absolute atomic E-state index is 10.3. The zero-order chi connectivity index (χ0) is 13.1. The molecule has 1 saturated carbocycles. The van der Waals surface area contributed by atoms with E-state index in [1.165, 1.54) is 42.5 Å². The van der Waals surface area contributed by atoms with Crippen molar-refractivity contribution in [3.63, 3.8) is 0 Å². The van der Waals surface area contributed by atoms with Crippen LogP contribution in [-0.2, 0) is 0 Å². The summed E-state index contributed by atoms with van der Waals surface area (Å²) in [6, 6.07) is 6.50. The first-order valence-electron chi connectivity index (χ1n) is 7.04. The van der Waals surface area contributed by atoms with Gasteiger partial charge in [-0.15, -0.1) is 0 Å². The Morgan fingerprint density at radius 3 is 2.56 bits per heavy atom. The summed E-state index contributed by atoms with van der Waals surface area (Å²) in [7, 11) is 2.08. The van der Waals surface area contributed by atoms with Crippen LogP contribution < -0.4 is 4.90 Å². The summed E-state index contributed by atoms with van der Waals surface area (Å²) in [5.74, 6) is 0.512. The number of rotatable bonds is 4. The highest BCUT2D eigenvalue weighted by Crippen LogP contribution is 2.29. The van der Waals surface area contributed by atoms with Gasteiger partial charge in [0.2, 0.25) is 0 Å². The third kappa shape index (κ3) is 3.05. The Morgan fingerprint density at radius 1 is 1.28 bits per heavy atom. The number of hydrogen-bond acceptors (Lipinski definition) is 2. The van der Waals surface area contributed by atoms with Crippen LogP contribution in [0.5, 0.6) is 0 Å². The molecule has 0 amide bonds. The number of aliphatic hydroxyl groups excluding tert-OH is 1. The average molecular weight is 247 g/mol. The van der Waals surface area contributed by atoms with Crippen molar-refractivity contribution < 1.29 is 5.11 Å². The zero-order valence-electron chi connectivity index (χ0n) is 11.8. The molecule has 0 heterocycles. The van der Waals surface area contributed by atoms with E-state index in [0.717, 1.165) is 6.54 Å². The van der Waals surface area contributed by atoms with E-state index < -0.39 is 0 Å². The number of likely N-dealkylation sites (N-methyl/N-ethyl adjacent to an activating group) is 1. The monoisotopic (exact) mass is 247 g/mol. The Hall–Kier alpha value is -1.02. The molecule has 2 heteroatoms. The average Bonchev–Trinajstić information content (AvgIpc) is 2.81. The summed E-state index contributed by atoms with van der Waals surface area (Å²) >= 11 is 0. The molecule has 0 bridgehead atoms. The van der Waals surface area contributed by atoms with Crippen molar-refractivity contribution in [3.05, 3.63) is 29.3 Å². The molecule has 0 saturated heterocycles. The first kappa shape index (κ1) is 13.4. The lowest BCUT2D eigenvalue weighted by Crippen LogP contribution is -2.33. The van der Waals surface area contributed by atoms with Gasteiger partial charge in [-0.1, -0.05) is 30.5 Å². The molecule has 1 N–H and O–H groups in total.